The molecule has 0 saturated carbocycles. The van der Waals surface area contributed by atoms with E-state index in [0.717, 1.165) is 35.7 Å². The van der Waals surface area contributed by atoms with E-state index >= 15 is 0 Å². The van der Waals surface area contributed by atoms with Crippen molar-refractivity contribution in [2.45, 2.75) is 25.0 Å². The summed E-state index contributed by atoms with van der Waals surface area (Å²) < 4.78 is 5.82. The van der Waals surface area contributed by atoms with Gasteiger partial charge in [0.05, 0.1) is 37.6 Å². The van der Waals surface area contributed by atoms with Crippen LogP contribution >= 0.6 is 15.9 Å². The second kappa shape index (κ2) is 6.01. The Morgan fingerprint density at radius 2 is 1.91 bits per heavy atom. The van der Waals surface area contributed by atoms with Gasteiger partial charge in [0.1, 0.15) is 10.4 Å². The van der Waals surface area contributed by atoms with E-state index in [4.69, 9.17) is 4.74 Å². The van der Waals surface area contributed by atoms with Crippen molar-refractivity contribution < 1.29 is 4.74 Å². The SMILES string of the molecule is COc1cnc(CN2C3CC2CN(c2cnc(Br)cn2)C3)cn1. The zero-order valence-electron chi connectivity index (χ0n) is 12.8. The van der Waals surface area contributed by atoms with Crippen LogP contribution in [0.15, 0.2) is 29.4 Å². The molecule has 2 bridgehead atoms. The molecule has 8 heteroatoms. The van der Waals surface area contributed by atoms with Gasteiger partial charge in [-0.05, 0) is 22.4 Å². The summed E-state index contributed by atoms with van der Waals surface area (Å²) >= 11 is 3.32. The minimum absolute atomic E-state index is 0.545. The van der Waals surface area contributed by atoms with Crippen molar-refractivity contribution in [3.05, 3.63) is 35.1 Å². The van der Waals surface area contributed by atoms with Gasteiger partial charge in [-0.3, -0.25) is 9.88 Å². The summed E-state index contributed by atoms with van der Waals surface area (Å²) in [6, 6.07) is 1.09. The molecule has 7 nitrogen and oxygen atoms in total. The first-order valence-corrected chi connectivity index (χ1v) is 8.35. The van der Waals surface area contributed by atoms with Crippen molar-refractivity contribution in [1.29, 1.82) is 0 Å². The number of piperidine rings is 1. The Balaban J connectivity index is 1.40. The molecule has 120 valence electrons. The first-order chi connectivity index (χ1) is 11.2. The Morgan fingerprint density at radius 3 is 2.52 bits per heavy atom. The van der Waals surface area contributed by atoms with Crippen molar-refractivity contribution in [3.63, 3.8) is 0 Å². The van der Waals surface area contributed by atoms with Crippen molar-refractivity contribution in [1.82, 2.24) is 24.8 Å². The fourth-order valence-electron chi connectivity index (χ4n) is 3.32. The summed E-state index contributed by atoms with van der Waals surface area (Å²) in [6.45, 7) is 2.80. The Hall–Kier alpha value is -1.80. The number of aromatic nitrogens is 4. The van der Waals surface area contributed by atoms with Crippen molar-refractivity contribution in [3.8, 4) is 5.88 Å². The van der Waals surface area contributed by atoms with Crippen LogP contribution in [0.3, 0.4) is 0 Å². The zero-order valence-corrected chi connectivity index (χ0v) is 14.3. The number of fused-ring (bicyclic) bond motifs is 2. The fourth-order valence-corrected chi connectivity index (χ4v) is 3.52. The zero-order chi connectivity index (χ0) is 15.8. The van der Waals surface area contributed by atoms with Crippen molar-refractivity contribution in [2.24, 2.45) is 0 Å². The predicted molar refractivity (Wildman–Crippen MR) is 88.3 cm³/mol. The second-order valence-electron chi connectivity index (χ2n) is 5.87. The number of methoxy groups -OCH3 is 1. The van der Waals surface area contributed by atoms with Gasteiger partial charge in [-0.2, -0.15) is 0 Å². The molecule has 0 radical (unpaired) electrons. The van der Waals surface area contributed by atoms with E-state index in [1.807, 2.05) is 6.20 Å². The van der Waals surface area contributed by atoms with Gasteiger partial charge in [0.15, 0.2) is 0 Å². The van der Waals surface area contributed by atoms with Crippen LogP contribution in [0.5, 0.6) is 5.88 Å². The number of rotatable bonds is 4. The maximum Gasteiger partial charge on any atom is 0.231 e. The minimum Gasteiger partial charge on any atom is -0.480 e. The molecule has 2 aromatic rings. The van der Waals surface area contributed by atoms with Crippen LogP contribution in [0.4, 0.5) is 5.82 Å². The van der Waals surface area contributed by atoms with Crippen LogP contribution < -0.4 is 9.64 Å². The number of hydrogen-bond donors (Lipinski definition) is 0. The molecule has 3 saturated heterocycles. The molecule has 0 aromatic carbocycles. The first kappa shape index (κ1) is 14.8. The van der Waals surface area contributed by atoms with E-state index in [1.165, 1.54) is 6.42 Å². The largest absolute Gasteiger partial charge is 0.480 e. The second-order valence-corrected chi connectivity index (χ2v) is 6.68. The Labute approximate surface area is 142 Å². The van der Waals surface area contributed by atoms with E-state index in [1.54, 1.807) is 25.7 Å². The minimum atomic E-state index is 0.545. The van der Waals surface area contributed by atoms with E-state index in [9.17, 15) is 0 Å². The number of ether oxygens (including phenoxy) is 1. The predicted octanol–water partition coefficient (Wildman–Crippen LogP) is 1.50. The lowest BCUT2D eigenvalue weighted by atomic mass is 9.87. The van der Waals surface area contributed by atoms with Gasteiger partial charge in [-0.15, -0.1) is 0 Å². The monoisotopic (exact) mass is 376 g/mol. The van der Waals surface area contributed by atoms with Gasteiger partial charge in [0, 0.05) is 31.7 Å². The normalized spacial score (nSPS) is 23.5. The summed E-state index contributed by atoms with van der Waals surface area (Å²) in [4.78, 5) is 22.2. The molecule has 3 aliphatic rings. The molecule has 0 aliphatic carbocycles. The molecule has 0 spiro atoms. The Kier molecular flexibility index (Phi) is 3.86. The van der Waals surface area contributed by atoms with Crippen LogP contribution in [0, 0.1) is 0 Å². The fraction of sp³-hybridized carbons (Fsp3) is 0.467. The third-order valence-corrected chi connectivity index (χ3v) is 4.92. The molecule has 0 N–H and O–H groups in total. The molecular formula is C15H17BrN6O. The summed E-state index contributed by atoms with van der Waals surface area (Å²) in [5.74, 6) is 1.50. The highest BCUT2D eigenvalue weighted by Gasteiger charge is 2.44. The molecule has 2 unspecified atom stereocenters. The van der Waals surface area contributed by atoms with Gasteiger partial charge in [-0.1, -0.05) is 0 Å². The summed E-state index contributed by atoms with van der Waals surface area (Å²) in [5, 5.41) is 0. The maximum absolute atomic E-state index is 5.05. The number of piperazine rings is 1. The van der Waals surface area contributed by atoms with Crippen molar-refractivity contribution in [2.75, 3.05) is 25.1 Å². The molecule has 5 heterocycles. The third kappa shape index (κ3) is 2.88. The molecule has 2 aromatic heterocycles. The van der Waals surface area contributed by atoms with Gasteiger partial charge >= 0.3 is 0 Å². The topological polar surface area (TPSA) is 67.3 Å². The standard InChI is InChI=1S/C15H17BrN6O/c1-23-15-6-17-10(3-20-15)7-22-11-2-12(22)9-21(8-11)14-5-18-13(16)4-19-14/h3-6,11-12H,2,7-9H2,1H3. The lowest BCUT2D eigenvalue weighted by Gasteiger charge is -2.56. The van der Waals surface area contributed by atoms with E-state index in [2.05, 4.69) is 45.7 Å². The highest BCUT2D eigenvalue weighted by molar-refractivity contribution is 9.10. The Morgan fingerprint density at radius 1 is 1.09 bits per heavy atom. The van der Waals surface area contributed by atoms with Gasteiger partial charge in [0.2, 0.25) is 5.88 Å². The molecule has 3 aliphatic heterocycles. The molecule has 5 rings (SSSR count). The lowest BCUT2D eigenvalue weighted by molar-refractivity contribution is -0.00981. The molecule has 0 amide bonds. The van der Waals surface area contributed by atoms with E-state index in [0.29, 0.717) is 18.0 Å². The van der Waals surface area contributed by atoms with Crippen LogP contribution in [-0.4, -0.2) is 57.1 Å². The maximum atomic E-state index is 5.05. The number of hydrogen-bond acceptors (Lipinski definition) is 7. The number of halogens is 1. The molecule has 2 atom stereocenters. The lowest BCUT2D eigenvalue weighted by Crippen LogP contribution is -2.68. The summed E-state index contributed by atoms with van der Waals surface area (Å²) in [6.07, 6.45) is 8.29. The summed E-state index contributed by atoms with van der Waals surface area (Å²) in [5.41, 5.74) is 0.984. The van der Waals surface area contributed by atoms with Gasteiger partial charge < -0.3 is 9.64 Å². The quantitative estimate of drug-likeness (QED) is 0.800. The van der Waals surface area contributed by atoms with Gasteiger partial charge in [-0.25, -0.2) is 15.0 Å². The third-order valence-electron chi connectivity index (χ3n) is 4.51. The smallest absolute Gasteiger partial charge is 0.231 e. The van der Waals surface area contributed by atoms with E-state index in [-0.39, 0.29) is 0 Å². The first-order valence-electron chi connectivity index (χ1n) is 7.56. The van der Waals surface area contributed by atoms with Crippen LogP contribution in [0.25, 0.3) is 0 Å². The number of nitrogens with zero attached hydrogens (tertiary/aromatic N) is 6. The van der Waals surface area contributed by atoms with Crippen LogP contribution in [-0.2, 0) is 6.54 Å². The highest BCUT2D eigenvalue weighted by Crippen LogP contribution is 2.35. The van der Waals surface area contributed by atoms with E-state index < -0.39 is 0 Å². The van der Waals surface area contributed by atoms with Crippen LogP contribution in [0.2, 0.25) is 0 Å². The molecule has 3 fully saturated rings. The summed E-state index contributed by atoms with van der Waals surface area (Å²) in [7, 11) is 1.60. The average Bonchev–Trinajstić information content (AvgIpc) is 2.61. The average molecular weight is 377 g/mol. The highest BCUT2D eigenvalue weighted by atomic mass is 79.9. The number of anilines is 1. The Bertz CT molecular complexity index is 667. The van der Waals surface area contributed by atoms with Crippen molar-refractivity contribution >= 4 is 21.7 Å². The van der Waals surface area contributed by atoms with Gasteiger partial charge in [0.25, 0.3) is 0 Å². The molecule has 23 heavy (non-hydrogen) atoms. The molecular weight excluding hydrogens is 360 g/mol. The van der Waals surface area contributed by atoms with Crippen LogP contribution in [0.1, 0.15) is 12.1 Å².